The van der Waals surface area contributed by atoms with Crippen LogP contribution in [-0.2, 0) is 6.42 Å². The van der Waals surface area contributed by atoms with Crippen molar-refractivity contribution in [1.29, 1.82) is 0 Å². The topological polar surface area (TPSA) is 43.3 Å². The van der Waals surface area contributed by atoms with Gasteiger partial charge in [0.2, 0.25) is 0 Å². The summed E-state index contributed by atoms with van der Waals surface area (Å²) in [6.07, 6.45) is 10.6. The molecule has 0 amide bonds. The second-order valence-corrected chi connectivity index (χ2v) is 4.23. The molecule has 0 bridgehead atoms. The van der Waals surface area contributed by atoms with Gasteiger partial charge in [0.05, 0.1) is 11.4 Å². The summed E-state index contributed by atoms with van der Waals surface area (Å²) in [5.41, 5.74) is 9.86. The number of imidazole rings is 1. The van der Waals surface area contributed by atoms with Gasteiger partial charge in [-0.3, -0.25) is 0 Å². The van der Waals surface area contributed by atoms with E-state index in [-0.39, 0.29) is 0 Å². The van der Waals surface area contributed by atoms with Crippen molar-refractivity contribution in [2.24, 2.45) is 5.73 Å². The fourth-order valence-corrected chi connectivity index (χ4v) is 2.17. The van der Waals surface area contributed by atoms with Gasteiger partial charge in [-0.1, -0.05) is 36.9 Å². The molecule has 0 aliphatic heterocycles. The van der Waals surface area contributed by atoms with Crippen LogP contribution in [0.4, 0.5) is 0 Å². The third kappa shape index (κ3) is 2.66. The predicted molar refractivity (Wildman–Crippen MR) is 80.9 cm³/mol. The summed E-state index contributed by atoms with van der Waals surface area (Å²) < 4.78 is 2.10. The normalized spacial score (nSPS) is 12.4. The molecule has 0 fully saturated rings. The molecule has 2 N–H and O–H groups in total. The number of nitrogens with zero attached hydrogens (tertiary/aromatic N) is 2. The number of allylic oxidation sites excluding steroid dienone is 5. The average Bonchev–Trinajstić information content (AvgIpc) is 2.78. The average molecular weight is 253 g/mol. The maximum atomic E-state index is 5.73. The number of hydrogen-bond acceptors (Lipinski definition) is 2. The van der Waals surface area contributed by atoms with Gasteiger partial charge < -0.3 is 10.1 Å². The van der Waals surface area contributed by atoms with Crippen LogP contribution < -0.4 is 5.73 Å². The second-order valence-electron chi connectivity index (χ2n) is 4.23. The Balaban J connectivity index is 2.67. The first-order valence-corrected chi connectivity index (χ1v) is 6.43. The van der Waals surface area contributed by atoms with Crippen molar-refractivity contribution in [3.05, 3.63) is 66.7 Å². The first kappa shape index (κ1) is 13.3. The molecule has 0 spiro atoms. The van der Waals surface area contributed by atoms with Gasteiger partial charge in [-0.15, -0.1) is 0 Å². The third-order valence-corrected chi connectivity index (χ3v) is 2.93. The number of pyridine rings is 1. The van der Waals surface area contributed by atoms with Crippen molar-refractivity contribution >= 4 is 11.2 Å². The molecular formula is C16H19N3. The maximum absolute atomic E-state index is 5.73. The number of hydrogen-bond donors (Lipinski definition) is 1. The summed E-state index contributed by atoms with van der Waals surface area (Å²) in [7, 11) is 0. The Bertz CT molecular complexity index is 632. The monoisotopic (exact) mass is 253 g/mol. The zero-order chi connectivity index (χ0) is 13.7. The fourth-order valence-electron chi connectivity index (χ4n) is 2.17. The summed E-state index contributed by atoms with van der Waals surface area (Å²) in [5.74, 6) is 0. The highest BCUT2D eigenvalue weighted by atomic mass is 15.0. The van der Waals surface area contributed by atoms with Crippen molar-refractivity contribution in [3.63, 3.8) is 0 Å². The van der Waals surface area contributed by atoms with Gasteiger partial charge in [0.1, 0.15) is 5.65 Å². The van der Waals surface area contributed by atoms with E-state index < -0.39 is 0 Å². The Morgan fingerprint density at radius 2 is 2.32 bits per heavy atom. The van der Waals surface area contributed by atoms with Gasteiger partial charge in [-0.2, -0.15) is 0 Å². The van der Waals surface area contributed by atoms with Crippen molar-refractivity contribution in [1.82, 2.24) is 9.38 Å². The molecule has 0 aliphatic rings. The molecule has 0 aromatic carbocycles. The van der Waals surface area contributed by atoms with Crippen LogP contribution in [0.3, 0.4) is 0 Å². The molecule has 3 nitrogen and oxygen atoms in total. The van der Waals surface area contributed by atoms with Crippen LogP contribution in [0.25, 0.3) is 11.2 Å². The molecule has 0 radical (unpaired) electrons. The van der Waals surface area contributed by atoms with E-state index in [1.54, 1.807) is 6.08 Å². The van der Waals surface area contributed by atoms with E-state index in [1.165, 1.54) is 0 Å². The molecule has 98 valence electrons. The van der Waals surface area contributed by atoms with Crippen LogP contribution in [0.2, 0.25) is 0 Å². The highest BCUT2D eigenvalue weighted by Crippen LogP contribution is 2.22. The summed E-state index contributed by atoms with van der Waals surface area (Å²) in [6, 6.07) is 6.00. The predicted octanol–water partition coefficient (Wildman–Crippen LogP) is 2.98. The lowest BCUT2D eigenvalue weighted by molar-refractivity contribution is 0.901. The molecule has 0 aliphatic carbocycles. The van der Waals surface area contributed by atoms with Crippen LogP contribution in [0.15, 0.2) is 55.3 Å². The summed E-state index contributed by atoms with van der Waals surface area (Å²) in [4.78, 5) is 4.71. The number of aromatic nitrogens is 2. The minimum atomic E-state index is 0.604. The van der Waals surface area contributed by atoms with Crippen LogP contribution in [-0.4, -0.2) is 15.9 Å². The van der Waals surface area contributed by atoms with E-state index in [1.807, 2.05) is 49.5 Å². The molecule has 0 unspecified atom stereocenters. The molecule has 2 heterocycles. The van der Waals surface area contributed by atoms with Crippen LogP contribution in [0, 0.1) is 0 Å². The molecule has 2 aromatic rings. The number of rotatable bonds is 5. The molecule has 2 rings (SSSR count). The molecule has 0 saturated carbocycles. The third-order valence-electron chi connectivity index (χ3n) is 2.93. The molecular weight excluding hydrogens is 234 g/mol. The van der Waals surface area contributed by atoms with Gasteiger partial charge in [0.15, 0.2) is 0 Å². The highest BCUT2D eigenvalue weighted by Gasteiger charge is 2.12. The van der Waals surface area contributed by atoms with E-state index >= 15 is 0 Å². The van der Waals surface area contributed by atoms with Crippen LogP contribution >= 0.6 is 0 Å². The number of nitrogens with two attached hydrogens (primary N) is 1. The number of fused-ring (bicyclic) bond motifs is 1. The van der Waals surface area contributed by atoms with Crippen molar-refractivity contribution < 1.29 is 0 Å². The van der Waals surface area contributed by atoms with Crippen molar-refractivity contribution in [2.75, 3.05) is 6.54 Å². The standard InChI is InChI=1S/C16H19N3/c1-3-7-13(8-4-2)16-14(10-11-17)19-12-6-5-9-15(19)18-16/h3-9,12H,1,10-11,17H2,2H3/b8-4-,13-7+. The van der Waals surface area contributed by atoms with Gasteiger partial charge in [0.25, 0.3) is 0 Å². The second kappa shape index (κ2) is 6.16. The first-order valence-electron chi connectivity index (χ1n) is 6.43. The van der Waals surface area contributed by atoms with Crippen LogP contribution in [0.1, 0.15) is 18.3 Å². The highest BCUT2D eigenvalue weighted by molar-refractivity contribution is 5.76. The molecule has 2 aromatic heterocycles. The Labute approximate surface area is 113 Å². The lowest BCUT2D eigenvalue weighted by Gasteiger charge is -2.04. The van der Waals surface area contributed by atoms with Gasteiger partial charge >= 0.3 is 0 Å². The Morgan fingerprint density at radius 3 is 3.00 bits per heavy atom. The molecule has 0 saturated heterocycles. The van der Waals surface area contributed by atoms with Gasteiger partial charge in [-0.25, -0.2) is 4.98 Å². The van der Waals surface area contributed by atoms with E-state index in [0.29, 0.717) is 6.54 Å². The quantitative estimate of drug-likeness (QED) is 0.832. The van der Waals surface area contributed by atoms with E-state index in [0.717, 1.165) is 29.0 Å². The van der Waals surface area contributed by atoms with E-state index in [2.05, 4.69) is 11.0 Å². The van der Waals surface area contributed by atoms with Gasteiger partial charge in [-0.05, 0) is 25.6 Å². The lowest BCUT2D eigenvalue weighted by atomic mass is 10.1. The maximum Gasteiger partial charge on any atom is 0.137 e. The lowest BCUT2D eigenvalue weighted by Crippen LogP contribution is -2.07. The first-order chi connectivity index (χ1) is 9.31. The van der Waals surface area contributed by atoms with Crippen molar-refractivity contribution in [3.8, 4) is 0 Å². The smallest absolute Gasteiger partial charge is 0.137 e. The van der Waals surface area contributed by atoms with Crippen LogP contribution in [0.5, 0.6) is 0 Å². The minimum Gasteiger partial charge on any atom is -0.330 e. The Hall–Kier alpha value is -2.13. The largest absolute Gasteiger partial charge is 0.330 e. The Kier molecular flexibility index (Phi) is 4.31. The fraction of sp³-hybridized carbons (Fsp3) is 0.188. The minimum absolute atomic E-state index is 0.604. The zero-order valence-electron chi connectivity index (χ0n) is 11.2. The summed E-state index contributed by atoms with van der Waals surface area (Å²) in [5, 5.41) is 0. The molecule has 0 atom stereocenters. The summed E-state index contributed by atoms with van der Waals surface area (Å²) in [6.45, 7) is 6.37. The van der Waals surface area contributed by atoms with E-state index in [9.17, 15) is 0 Å². The molecule has 3 heteroatoms. The molecule has 19 heavy (non-hydrogen) atoms. The van der Waals surface area contributed by atoms with E-state index in [4.69, 9.17) is 10.7 Å². The van der Waals surface area contributed by atoms with Gasteiger partial charge in [0, 0.05) is 18.2 Å². The Morgan fingerprint density at radius 1 is 1.47 bits per heavy atom. The summed E-state index contributed by atoms with van der Waals surface area (Å²) >= 11 is 0. The SMILES string of the molecule is C=C/C=C(\C=C/C)c1nc2ccccn2c1CCN. The van der Waals surface area contributed by atoms with Crippen molar-refractivity contribution in [2.45, 2.75) is 13.3 Å². The zero-order valence-corrected chi connectivity index (χ0v) is 11.2.